The first-order valence-electron chi connectivity index (χ1n) is 6.09. The monoisotopic (exact) mass is 262 g/mol. The molecule has 1 aromatic carbocycles. The van der Waals surface area contributed by atoms with Crippen LogP contribution in [0.25, 0.3) is 5.69 Å². The minimum atomic E-state index is -0.445. The molecule has 2 aromatic rings. The third kappa shape index (κ3) is 3.15. The van der Waals surface area contributed by atoms with E-state index in [0.717, 1.165) is 30.0 Å². The molecule has 1 atom stereocenters. The lowest BCUT2D eigenvalue weighted by Crippen LogP contribution is -2.07. The molecule has 0 aliphatic carbocycles. The summed E-state index contributed by atoms with van der Waals surface area (Å²) < 4.78 is 1.81. The van der Waals surface area contributed by atoms with E-state index in [-0.39, 0.29) is 0 Å². The summed E-state index contributed by atoms with van der Waals surface area (Å²) in [5.41, 5.74) is 1.85. The lowest BCUT2D eigenvalue weighted by atomic mass is 10.1. The number of para-hydroxylation sites is 1. The van der Waals surface area contributed by atoms with E-state index in [1.54, 1.807) is 6.20 Å². The van der Waals surface area contributed by atoms with Gasteiger partial charge in [-0.25, -0.2) is 4.68 Å². The molecule has 3 nitrogen and oxygen atoms in total. The average molecular weight is 262 g/mol. The van der Waals surface area contributed by atoms with Gasteiger partial charge in [0, 0.05) is 6.20 Å². The number of benzene rings is 1. The Morgan fingerprint density at radius 1 is 1.28 bits per heavy atom. The third-order valence-electron chi connectivity index (χ3n) is 2.84. The summed E-state index contributed by atoms with van der Waals surface area (Å²) in [5, 5.41) is 14.5. The molecule has 96 valence electrons. The summed E-state index contributed by atoms with van der Waals surface area (Å²) in [6.07, 6.45) is 5.17. The summed E-state index contributed by atoms with van der Waals surface area (Å²) in [4.78, 5) is 0. The molecule has 0 saturated heterocycles. The van der Waals surface area contributed by atoms with Gasteiger partial charge in [0.15, 0.2) is 0 Å². The van der Waals surface area contributed by atoms with Crippen LogP contribution in [0.3, 0.4) is 0 Å². The molecule has 2 rings (SSSR count). The van der Waals surface area contributed by atoms with Crippen molar-refractivity contribution in [2.45, 2.75) is 18.9 Å². The molecule has 0 radical (unpaired) electrons. The van der Waals surface area contributed by atoms with E-state index in [9.17, 15) is 5.11 Å². The van der Waals surface area contributed by atoms with Crippen LogP contribution in [-0.4, -0.2) is 26.9 Å². The largest absolute Gasteiger partial charge is 0.387 e. The van der Waals surface area contributed by atoms with E-state index in [0.29, 0.717) is 0 Å². The number of nitrogens with zero attached hydrogens (tertiary/aromatic N) is 2. The first kappa shape index (κ1) is 13.2. The molecule has 0 aliphatic heterocycles. The zero-order valence-corrected chi connectivity index (χ0v) is 11.3. The molecule has 0 bridgehead atoms. The quantitative estimate of drug-likeness (QED) is 0.813. The molecule has 1 heterocycles. The number of rotatable bonds is 6. The van der Waals surface area contributed by atoms with Crippen LogP contribution < -0.4 is 0 Å². The number of hydrogen-bond donors (Lipinski definition) is 1. The second-order valence-electron chi connectivity index (χ2n) is 4.15. The summed E-state index contributed by atoms with van der Waals surface area (Å²) in [5.74, 6) is 1.08. The first-order chi connectivity index (χ1) is 8.83. The lowest BCUT2D eigenvalue weighted by molar-refractivity contribution is 0.159. The zero-order valence-electron chi connectivity index (χ0n) is 10.5. The van der Waals surface area contributed by atoms with Crippen LogP contribution in [0.4, 0.5) is 0 Å². The van der Waals surface area contributed by atoms with Crippen LogP contribution >= 0.6 is 11.8 Å². The molecule has 0 saturated carbocycles. The maximum Gasteiger partial charge on any atom is 0.0961 e. The third-order valence-corrected chi connectivity index (χ3v) is 3.54. The Morgan fingerprint density at radius 2 is 2.06 bits per heavy atom. The highest BCUT2D eigenvalue weighted by Crippen LogP contribution is 2.21. The Balaban J connectivity index is 2.12. The molecule has 0 fully saturated rings. The fourth-order valence-electron chi connectivity index (χ4n) is 1.92. The lowest BCUT2D eigenvalue weighted by Gasteiger charge is -2.13. The van der Waals surface area contributed by atoms with Gasteiger partial charge in [-0.15, -0.1) is 0 Å². The molecule has 0 aliphatic rings. The summed E-state index contributed by atoms with van der Waals surface area (Å²) in [7, 11) is 0. The number of hydrogen-bond acceptors (Lipinski definition) is 3. The van der Waals surface area contributed by atoms with Crippen LogP contribution in [0.1, 0.15) is 24.6 Å². The minimum absolute atomic E-state index is 0.445. The fraction of sp³-hybridized carbons (Fsp3) is 0.357. The van der Waals surface area contributed by atoms with Gasteiger partial charge in [0.25, 0.3) is 0 Å². The van der Waals surface area contributed by atoms with Gasteiger partial charge in [-0.05, 0) is 43.0 Å². The van der Waals surface area contributed by atoms with Crippen molar-refractivity contribution in [3.8, 4) is 5.69 Å². The maximum absolute atomic E-state index is 10.2. The molecule has 1 N–H and O–H groups in total. The van der Waals surface area contributed by atoms with Gasteiger partial charge in [-0.2, -0.15) is 16.9 Å². The Labute approximate surface area is 112 Å². The topological polar surface area (TPSA) is 38.1 Å². The standard InChI is InChI=1S/C14H18N2OS/c1-18-11-5-8-14(17)13-9-10-15-16(13)12-6-3-2-4-7-12/h2-4,6-7,9-10,14,17H,5,8,11H2,1H3. The number of aromatic nitrogens is 2. The van der Waals surface area contributed by atoms with E-state index >= 15 is 0 Å². The number of aliphatic hydroxyl groups excluding tert-OH is 1. The van der Waals surface area contributed by atoms with Gasteiger partial charge in [0.2, 0.25) is 0 Å². The average Bonchev–Trinajstić information content (AvgIpc) is 2.89. The Bertz CT molecular complexity index is 470. The second-order valence-corrected chi connectivity index (χ2v) is 5.14. The molecule has 1 aromatic heterocycles. The Hall–Kier alpha value is -1.26. The van der Waals surface area contributed by atoms with E-state index < -0.39 is 6.10 Å². The van der Waals surface area contributed by atoms with Crippen molar-refractivity contribution in [1.29, 1.82) is 0 Å². The van der Waals surface area contributed by atoms with Crippen molar-refractivity contribution in [3.05, 3.63) is 48.3 Å². The van der Waals surface area contributed by atoms with Gasteiger partial charge in [0.1, 0.15) is 0 Å². The van der Waals surface area contributed by atoms with Crippen LogP contribution in [0.5, 0.6) is 0 Å². The molecule has 0 amide bonds. The highest BCUT2D eigenvalue weighted by atomic mass is 32.2. The summed E-state index contributed by atoms with van der Waals surface area (Å²) in [6.45, 7) is 0. The second kappa shape index (κ2) is 6.61. The van der Waals surface area contributed by atoms with E-state index in [1.165, 1.54) is 0 Å². The van der Waals surface area contributed by atoms with Gasteiger partial charge in [0.05, 0.1) is 17.5 Å². The number of thioether (sulfide) groups is 1. The highest BCUT2D eigenvalue weighted by molar-refractivity contribution is 7.98. The Morgan fingerprint density at radius 3 is 2.78 bits per heavy atom. The van der Waals surface area contributed by atoms with E-state index in [1.807, 2.05) is 52.8 Å². The molecule has 4 heteroatoms. The van der Waals surface area contributed by atoms with Crippen LogP contribution in [0, 0.1) is 0 Å². The normalized spacial score (nSPS) is 12.6. The predicted molar refractivity (Wildman–Crippen MR) is 76.1 cm³/mol. The zero-order chi connectivity index (χ0) is 12.8. The fourth-order valence-corrected chi connectivity index (χ4v) is 2.38. The van der Waals surface area contributed by atoms with Crippen molar-refractivity contribution in [3.63, 3.8) is 0 Å². The van der Waals surface area contributed by atoms with Crippen LogP contribution in [0.2, 0.25) is 0 Å². The van der Waals surface area contributed by atoms with Crippen molar-refractivity contribution < 1.29 is 5.11 Å². The van der Waals surface area contributed by atoms with Gasteiger partial charge in [-0.1, -0.05) is 18.2 Å². The number of aliphatic hydroxyl groups is 1. The van der Waals surface area contributed by atoms with Crippen LogP contribution in [-0.2, 0) is 0 Å². The van der Waals surface area contributed by atoms with Gasteiger partial charge >= 0.3 is 0 Å². The SMILES string of the molecule is CSCCCC(O)c1ccnn1-c1ccccc1. The van der Waals surface area contributed by atoms with E-state index in [2.05, 4.69) is 11.4 Å². The maximum atomic E-state index is 10.2. The van der Waals surface area contributed by atoms with Crippen molar-refractivity contribution in [2.75, 3.05) is 12.0 Å². The molecule has 0 spiro atoms. The molecule has 18 heavy (non-hydrogen) atoms. The van der Waals surface area contributed by atoms with Gasteiger partial charge < -0.3 is 5.11 Å². The first-order valence-corrected chi connectivity index (χ1v) is 7.48. The van der Waals surface area contributed by atoms with Crippen molar-refractivity contribution in [2.24, 2.45) is 0 Å². The van der Waals surface area contributed by atoms with Gasteiger partial charge in [-0.3, -0.25) is 0 Å². The minimum Gasteiger partial charge on any atom is -0.387 e. The summed E-state index contributed by atoms with van der Waals surface area (Å²) >= 11 is 1.81. The smallest absolute Gasteiger partial charge is 0.0961 e. The van der Waals surface area contributed by atoms with Crippen LogP contribution in [0.15, 0.2) is 42.6 Å². The predicted octanol–water partition coefficient (Wildman–Crippen LogP) is 3.05. The highest BCUT2D eigenvalue weighted by Gasteiger charge is 2.13. The Kier molecular flexibility index (Phi) is 4.84. The molecular formula is C14H18N2OS. The molecule has 1 unspecified atom stereocenters. The van der Waals surface area contributed by atoms with Crippen molar-refractivity contribution >= 4 is 11.8 Å². The molecular weight excluding hydrogens is 244 g/mol. The summed E-state index contributed by atoms with van der Waals surface area (Å²) in [6, 6.07) is 11.8. The van der Waals surface area contributed by atoms with Crippen molar-refractivity contribution in [1.82, 2.24) is 9.78 Å². The van der Waals surface area contributed by atoms with E-state index in [4.69, 9.17) is 0 Å².